The first-order chi connectivity index (χ1) is 20.3. The molecule has 3 aromatic carbocycles. The van der Waals surface area contributed by atoms with Crippen molar-refractivity contribution in [2.45, 2.75) is 25.7 Å². The number of pyridine rings is 1. The van der Waals surface area contributed by atoms with E-state index in [9.17, 15) is 13.2 Å². The lowest BCUT2D eigenvalue weighted by Gasteiger charge is -2.34. The molecule has 218 valence electrons. The van der Waals surface area contributed by atoms with Gasteiger partial charge in [-0.25, -0.2) is 4.98 Å². The highest BCUT2D eigenvalue weighted by Gasteiger charge is 2.30. The van der Waals surface area contributed by atoms with Crippen LogP contribution in [0.3, 0.4) is 0 Å². The molecular formula is C32H31F3N4O3. The van der Waals surface area contributed by atoms with Gasteiger partial charge in [-0.1, -0.05) is 24.3 Å². The first kappa shape index (κ1) is 27.9. The van der Waals surface area contributed by atoms with Crippen molar-refractivity contribution >= 4 is 5.69 Å². The number of hydrogen-bond acceptors (Lipinski definition) is 7. The standard InChI is InChI=1S/C32H31F3N4O3/c33-32(34,35)26-5-8-28(36)25(17-26)15-23-4-10-31(37-18-23)42-27-6-1-22(2-7-27)19-38-11-13-39(14-12-38)20-24-3-9-29-30(16-24)41-21-40-29/h1-10,16-18H,11-15,19-21,36H2. The maximum Gasteiger partial charge on any atom is 0.416 e. The molecule has 4 aromatic rings. The molecule has 6 rings (SSSR count). The van der Waals surface area contributed by atoms with Crippen LogP contribution >= 0.6 is 0 Å². The first-order valence-electron chi connectivity index (χ1n) is 13.8. The molecule has 2 N–H and O–H groups in total. The summed E-state index contributed by atoms with van der Waals surface area (Å²) >= 11 is 0. The van der Waals surface area contributed by atoms with Crippen molar-refractivity contribution in [3.05, 3.63) is 107 Å². The molecule has 0 saturated carbocycles. The number of hydrogen-bond donors (Lipinski definition) is 1. The van der Waals surface area contributed by atoms with Crippen LogP contribution in [0, 0.1) is 0 Å². The van der Waals surface area contributed by atoms with E-state index in [1.165, 1.54) is 17.2 Å². The molecule has 7 nitrogen and oxygen atoms in total. The summed E-state index contributed by atoms with van der Waals surface area (Å²) in [6.45, 7) is 6.03. The number of nitrogen functional groups attached to an aromatic ring is 1. The predicted molar refractivity (Wildman–Crippen MR) is 153 cm³/mol. The lowest BCUT2D eigenvalue weighted by Crippen LogP contribution is -2.45. The Morgan fingerprint density at radius 2 is 1.43 bits per heavy atom. The molecule has 0 amide bonds. The minimum atomic E-state index is -4.42. The second-order valence-electron chi connectivity index (χ2n) is 10.6. The Bertz CT molecular complexity index is 1520. The number of halogens is 3. The van der Waals surface area contributed by atoms with Gasteiger partial charge in [0.05, 0.1) is 5.56 Å². The molecule has 0 aliphatic carbocycles. The fourth-order valence-electron chi connectivity index (χ4n) is 5.18. The van der Waals surface area contributed by atoms with Crippen LogP contribution in [-0.2, 0) is 25.7 Å². The van der Waals surface area contributed by atoms with Crippen LogP contribution in [0.4, 0.5) is 18.9 Å². The zero-order valence-electron chi connectivity index (χ0n) is 22.9. The molecule has 2 aliphatic heterocycles. The molecule has 3 heterocycles. The highest BCUT2D eigenvalue weighted by Crippen LogP contribution is 2.33. The maximum absolute atomic E-state index is 13.1. The third-order valence-corrected chi connectivity index (χ3v) is 7.52. The summed E-state index contributed by atoms with van der Waals surface area (Å²) in [5, 5.41) is 0. The number of fused-ring (bicyclic) bond motifs is 1. The lowest BCUT2D eigenvalue weighted by molar-refractivity contribution is -0.137. The summed E-state index contributed by atoms with van der Waals surface area (Å²) in [6, 6.07) is 20.9. The van der Waals surface area contributed by atoms with E-state index >= 15 is 0 Å². The van der Waals surface area contributed by atoms with Crippen molar-refractivity contribution in [1.82, 2.24) is 14.8 Å². The fraction of sp³-hybridized carbons (Fsp3) is 0.281. The van der Waals surface area contributed by atoms with E-state index in [-0.39, 0.29) is 6.42 Å². The summed E-state index contributed by atoms with van der Waals surface area (Å²) in [6.07, 6.45) is -2.58. The predicted octanol–water partition coefficient (Wildman–Crippen LogP) is 6.11. The number of aromatic nitrogens is 1. The zero-order valence-corrected chi connectivity index (χ0v) is 22.9. The number of nitrogens with two attached hydrogens (primary N) is 1. The molecule has 42 heavy (non-hydrogen) atoms. The molecule has 0 unspecified atom stereocenters. The smallest absolute Gasteiger partial charge is 0.416 e. The third-order valence-electron chi connectivity index (χ3n) is 7.52. The SMILES string of the molecule is Nc1ccc(C(F)(F)F)cc1Cc1ccc(Oc2ccc(CN3CCN(Cc4ccc5c(c4)OCO5)CC3)cc2)nc1. The quantitative estimate of drug-likeness (QED) is 0.254. The van der Waals surface area contributed by atoms with Gasteiger partial charge in [0.25, 0.3) is 0 Å². The van der Waals surface area contributed by atoms with Crippen LogP contribution < -0.4 is 19.9 Å². The maximum atomic E-state index is 13.1. The topological polar surface area (TPSA) is 73.1 Å². The van der Waals surface area contributed by atoms with E-state index in [1.54, 1.807) is 18.3 Å². The Kier molecular flexibility index (Phi) is 7.90. The minimum absolute atomic E-state index is 0.240. The van der Waals surface area contributed by atoms with Gasteiger partial charge in [0, 0.05) is 63.6 Å². The van der Waals surface area contributed by atoms with Gasteiger partial charge in [0.2, 0.25) is 12.7 Å². The average Bonchev–Trinajstić information content (AvgIpc) is 3.45. The molecule has 1 saturated heterocycles. The van der Waals surface area contributed by atoms with Crippen molar-refractivity contribution in [3.8, 4) is 23.1 Å². The largest absolute Gasteiger partial charge is 0.454 e. The normalized spacial score (nSPS) is 15.6. The van der Waals surface area contributed by atoms with Crippen molar-refractivity contribution in [1.29, 1.82) is 0 Å². The van der Waals surface area contributed by atoms with E-state index in [0.717, 1.165) is 68.5 Å². The van der Waals surface area contributed by atoms with Crippen LogP contribution in [0.1, 0.15) is 27.8 Å². The van der Waals surface area contributed by atoms with Crippen LogP contribution in [-0.4, -0.2) is 47.8 Å². The van der Waals surface area contributed by atoms with Crippen LogP contribution in [0.2, 0.25) is 0 Å². The van der Waals surface area contributed by atoms with Gasteiger partial charge in [-0.3, -0.25) is 9.80 Å². The third kappa shape index (κ3) is 6.78. The number of piperazine rings is 1. The Balaban J connectivity index is 0.975. The second-order valence-corrected chi connectivity index (χ2v) is 10.6. The Labute approximate surface area is 242 Å². The number of rotatable bonds is 8. The van der Waals surface area contributed by atoms with Gasteiger partial charge in [-0.05, 0) is 64.7 Å². The van der Waals surface area contributed by atoms with E-state index in [0.29, 0.717) is 29.7 Å². The van der Waals surface area contributed by atoms with E-state index in [1.807, 2.05) is 18.2 Å². The zero-order chi connectivity index (χ0) is 29.1. The molecule has 0 atom stereocenters. The minimum Gasteiger partial charge on any atom is -0.454 e. The molecule has 0 bridgehead atoms. The molecule has 1 fully saturated rings. The molecule has 10 heteroatoms. The van der Waals surface area contributed by atoms with Crippen molar-refractivity contribution in [3.63, 3.8) is 0 Å². The van der Waals surface area contributed by atoms with Crippen molar-refractivity contribution in [2.24, 2.45) is 0 Å². The van der Waals surface area contributed by atoms with Crippen molar-refractivity contribution < 1.29 is 27.4 Å². The van der Waals surface area contributed by atoms with Crippen LogP contribution in [0.25, 0.3) is 0 Å². The Morgan fingerprint density at radius 3 is 2.12 bits per heavy atom. The van der Waals surface area contributed by atoms with Gasteiger partial charge < -0.3 is 19.9 Å². The van der Waals surface area contributed by atoms with E-state index in [4.69, 9.17) is 19.9 Å². The highest BCUT2D eigenvalue weighted by molar-refractivity contribution is 5.51. The van der Waals surface area contributed by atoms with E-state index < -0.39 is 11.7 Å². The lowest BCUT2D eigenvalue weighted by atomic mass is 10.0. The molecule has 0 radical (unpaired) electrons. The fourth-order valence-corrected chi connectivity index (χ4v) is 5.18. The van der Waals surface area contributed by atoms with Gasteiger partial charge >= 0.3 is 6.18 Å². The average molecular weight is 577 g/mol. The van der Waals surface area contributed by atoms with Gasteiger partial charge in [0.1, 0.15) is 5.75 Å². The Hall–Kier alpha value is -4.28. The van der Waals surface area contributed by atoms with Crippen LogP contribution in [0.15, 0.2) is 79.0 Å². The summed E-state index contributed by atoms with van der Waals surface area (Å²) in [7, 11) is 0. The number of alkyl halides is 3. The Morgan fingerprint density at radius 1 is 0.762 bits per heavy atom. The van der Waals surface area contributed by atoms with Gasteiger partial charge in [-0.2, -0.15) is 13.2 Å². The number of ether oxygens (including phenoxy) is 3. The monoisotopic (exact) mass is 576 g/mol. The van der Waals surface area contributed by atoms with Gasteiger partial charge in [0.15, 0.2) is 11.5 Å². The van der Waals surface area contributed by atoms with Crippen molar-refractivity contribution in [2.75, 3.05) is 38.7 Å². The number of benzene rings is 3. The number of anilines is 1. The highest BCUT2D eigenvalue weighted by atomic mass is 19.4. The number of nitrogens with zero attached hydrogens (tertiary/aromatic N) is 3. The van der Waals surface area contributed by atoms with Gasteiger partial charge in [-0.15, -0.1) is 0 Å². The summed E-state index contributed by atoms with van der Waals surface area (Å²) in [5.41, 5.74) is 9.07. The molecule has 0 spiro atoms. The molecule has 2 aliphatic rings. The second kappa shape index (κ2) is 11.9. The molecule has 1 aromatic heterocycles. The van der Waals surface area contributed by atoms with E-state index in [2.05, 4.69) is 39.0 Å². The summed E-state index contributed by atoms with van der Waals surface area (Å²) < 4.78 is 56.0. The van der Waals surface area contributed by atoms with Crippen LogP contribution in [0.5, 0.6) is 23.1 Å². The summed E-state index contributed by atoms with van der Waals surface area (Å²) in [5.74, 6) is 2.70. The molecular weight excluding hydrogens is 545 g/mol. The summed E-state index contributed by atoms with van der Waals surface area (Å²) in [4.78, 5) is 9.23. The first-order valence-corrected chi connectivity index (χ1v) is 13.8.